The number of hydrogen-bond donors (Lipinski definition) is 0. The van der Waals surface area contributed by atoms with Gasteiger partial charge in [-0.05, 0) is 37.7 Å². The molecule has 4 rings (SSSR count). The molecule has 2 heterocycles. The molecule has 0 fully saturated rings. The molecular formula is C25H27N5OS. The van der Waals surface area contributed by atoms with Gasteiger partial charge in [0.25, 0.3) is 5.78 Å². The summed E-state index contributed by atoms with van der Waals surface area (Å²) in [4.78, 5) is 24.5. The van der Waals surface area contributed by atoms with E-state index in [1.807, 2.05) is 61.4 Å². The molecule has 0 unspecified atom stereocenters. The van der Waals surface area contributed by atoms with E-state index in [1.165, 1.54) is 17.3 Å². The molecule has 1 amide bonds. The maximum atomic E-state index is 13.5. The van der Waals surface area contributed by atoms with Crippen molar-refractivity contribution in [1.29, 1.82) is 0 Å². The molecule has 0 bridgehead atoms. The first kappa shape index (κ1) is 22.0. The van der Waals surface area contributed by atoms with E-state index < -0.39 is 0 Å². The van der Waals surface area contributed by atoms with Crippen molar-refractivity contribution in [3.63, 3.8) is 0 Å². The number of nitrogens with zero attached hydrogens (tertiary/aromatic N) is 5. The van der Waals surface area contributed by atoms with Gasteiger partial charge in [-0.25, -0.2) is 9.50 Å². The highest BCUT2D eigenvalue weighted by Gasteiger charge is 2.20. The van der Waals surface area contributed by atoms with Gasteiger partial charge in [0.15, 0.2) is 0 Å². The Morgan fingerprint density at radius 3 is 2.28 bits per heavy atom. The third-order valence-electron chi connectivity index (χ3n) is 5.62. The summed E-state index contributed by atoms with van der Waals surface area (Å²) in [5.74, 6) is 0.660. The van der Waals surface area contributed by atoms with E-state index in [0.717, 1.165) is 28.9 Å². The third-order valence-corrected chi connectivity index (χ3v) is 6.16. The van der Waals surface area contributed by atoms with Crippen molar-refractivity contribution >= 4 is 23.4 Å². The summed E-state index contributed by atoms with van der Waals surface area (Å²) in [7, 11) is 0. The number of aryl methyl sites for hydroxylation is 2. The van der Waals surface area contributed by atoms with Gasteiger partial charge in [0.05, 0.1) is 6.42 Å². The Hall–Kier alpha value is -3.19. The van der Waals surface area contributed by atoms with Crippen molar-refractivity contribution < 1.29 is 4.79 Å². The number of benzene rings is 2. The zero-order valence-corrected chi connectivity index (χ0v) is 19.5. The molecule has 164 valence electrons. The molecule has 0 spiro atoms. The van der Waals surface area contributed by atoms with Crippen LogP contribution in [0.1, 0.15) is 28.1 Å². The summed E-state index contributed by atoms with van der Waals surface area (Å²) in [5.41, 5.74) is 5.00. The minimum absolute atomic E-state index is 0.0855. The van der Waals surface area contributed by atoms with Crippen LogP contribution >= 0.6 is 11.8 Å². The van der Waals surface area contributed by atoms with Crippen LogP contribution in [-0.4, -0.2) is 43.2 Å². The van der Waals surface area contributed by atoms with Crippen molar-refractivity contribution in [2.75, 3.05) is 12.8 Å². The summed E-state index contributed by atoms with van der Waals surface area (Å²) in [6, 6.07) is 20.4. The average Bonchev–Trinajstić information content (AvgIpc) is 3.24. The van der Waals surface area contributed by atoms with Crippen LogP contribution in [0.3, 0.4) is 0 Å². The molecule has 0 radical (unpaired) electrons. The van der Waals surface area contributed by atoms with Crippen LogP contribution in [0.15, 0.2) is 65.8 Å². The molecule has 32 heavy (non-hydrogen) atoms. The lowest BCUT2D eigenvalue weighted by Gasteiger charge is -2.24. The molecule has 2 aromatic carbocycles. The van der Waals surface area contributed by atoms with E-state index in [0.29, 0.717) is 24.0 Å². The maximum absolute atomic E-state index is 13.5. The van der Waals surface area contributed by atoms with Gasteiger partial charge in [0.1, 0.15) is 0 Å². The van der Waals surface area contributed by atoms with E-state index >= 15 is 0 Å². The van der Waals surface area contributed by atoms with Gasteiger partial charge in [0.2, 0.25) is 11.1 Å². The number of hydrogen-bond acceptors (Lipinski definition) is 5. The quantitative estimate of drug-likeness (QED) is 0.379. The average molecular weight is 446 g/mol. The van der Waals surface area contributed by atoms with Gasteiger partial charge in [-0.15, -0.1) is 5.10 Å². The second kappa shape index (κ2) is 9.96. The zero-order valence-electron chi connectivity index (χ0n) is 18.7. The molecule has 0 aliphatic carbocycles. The van der Waals surface area contributed by atoms with Crippen LogP contribution in [0.25, 0.3) is 5.78 Å². The largest absolute Gasteiger partial charge is 0.338 e. The van der Waals surface area contributed by atoms with Crippen LogP contribution in [-0.2, 0) is 24.2 Å². The Morgan fingerprint density at radius 2 is 1.62 bits per heavy atom. The van der Waals surface area contributed by atoms with Crippen LogP contribution < -0.4 is 0 Å². The van der Waals surface area contributed by atoms with Gasteiger partial charge in [-0.2, -0.15) is 4.98 Å². The second-order valence-corrected chi connectivity index (χ2v) is 8.56. The van der Waals surface area contributed by atoms with E-state index in [1.54, 1.807) is 4.52 Å². The topological polar surface area (TPSA) is 63.4 Å². The van der Waals surface area contributed by atoms with Crippen LogP contribution in [0.5, 0.6) is 0 Å². The van der Waals surface area contributed by atoms with E-state index in [-0.39, 0.29) is 12.3 Å². The first-order valence-electron chi connectivity index (χ1n) is 10.7. The number of fused-ring (bicyclic) bond motifs is 1. The van der Waals surface area contributed by atoms with Crippen LogP contribution in [0.2, 0.25) is 0 Å². The molecule has 6 nitrogen and oxygen atoms in total. The van der Waals surface area contributed by atoms with Crippen LogP contribution in [0.4, 0.5) is 0 Å². The van der Waals surface area contributed by atoms with Gasteiger partial charge >= 0.3 is 0 Å². The van der Waals surface area contributed by atoms with Crippen LogP contribution in [0, 0.1) is 13.8 Å². The summed E-state index contributed by atoms with van der Waals surface area (Å²) in [6.07, 6.45) is 3.04. The standard InChI is InChI=1S/C25H27N5OS/c1-18-22(19(2)30-24(26-18)27-25(28-30)32-3)16-23(31)29(17-21-12-8-5-9-13-21)15-14-20-10-6-4-7-11-20/h4-13H,14-17H2,1-3H3. The lowest BCUT2D eigenvalue weighted by Crippen LogP contribution is -2.34. The molecule has 0 N–H and O–H groups in total. The van der Waals surface area contributed by atoms with Crippen molar-refractivity contribution in [2.45, 2.75) is 38.4 Å². The SMILES string of the molecule is CSc1nc2nc(C)c(CC(=O)N(CCc3ccccc3)Cc3ccccc3)c(C)n2n1. The Bertz CT molecular complexity index is 1210. The minimum atomic E-state index is 0.0855. The Balaban J connectivity index is 1.58. The van der Waals surface area contributed by atoms with Gasteiger partial charge < -0.3 is 4.90 Å². The van der Waals surface area contributed by atoms with Crippen molar-refractivity contribution in [2.24, 2.45) is 0 Å². The summed E-state index contributed by atoms with van der Waals surface area (Å²) < 4.78 is 1.74. The fraction of sp³-hybridized carbons (Fsp3) is 0.280. The predicted octanol–water partition coefficient (Wildman–Crippen LogP) is 4.28. The molecule has 0 atom stereocenters. The Kier molecular flexibility index (Phi) is 6.85. The smallest absolute Gasteiger partial charge is 0.253 e. The molecule has 4 aromatic rings. The highest BCUT2D eigenvalue weighted by Crippen LogP contribution is 2.19. The van der Waals surface area contributed by atoms with Gasteiger partial charge in [-0.1, -0.05) is 72.4 Å². The van der Waals surface area contributed by atoms with E-state index in [9.17, 15) is 4.79 Å². The number of aromatic nitrogens is 4. The summed E-state index contributed by atoms with van der Waals surface area (Å²) >= 11 is 1.48. The Morgan fingerprint density at radius 1 is 0.969 bits per heavy atom. The fourth-order valence-electron chi connectivity index (χ4n) is 3.80. The van der Waals surface area contributed by atoms with E-state index in [2.05, 4.69) is 39.3 Å². The highest BCUT2D eigenvalue weighted by molar-refractivity contribution is 7.98. The van der Waals surface area contributed by atoms with Gasteiger partial charge in [0, 0.05) is 30.0 Å². The Labute approximate surface area is 192 Å². The second-order valence-electron chi connectivity index (χ2n) is 7.78. The molecule has 0 saturated carbocycles. The molecule has 0 saturated heterocycles. The normalized spacial score (nSPS) is 11.1. The number of carbonyl (C=O) groups is 1. The summed E-state index contributed by atoms with van der Waals surface area (Å²) in [6.45, 7) is 5.16. The minimum Gasteiger partial charge on any atom is -0.338 e. The third kappa shape index (κ3) is 4.99. The van der Waals surface area contributed by atoms with E-state index in [4.69, 9.17) is 0 Å². The predicted molar refractivity (Wildman–Crippen MR) is 128 cm³/mol. The van der Waals surface area contributed by atoms with Crippen molar-refractivity contribution in [1.82, 2.24) is 24.5 Å². The first-order chi connectivity index (χ1) is 15.5. The molecule has 2 aromatic heterocycles. The number of thioether (sulfide) groups is 1. The molecule has 0 aliphatic rings. The molecular weight excluding hydrogens is 418 g/mol. The highest BCUT2D eigenvalue weighted by atomic mass is 32.2. The number of carbonyl (C=O) groups excluding carboxylic acids is 1. The van der Waals surface area contributed by atoms with Crippen molar-refractivity contribution in [3.05, 3.63) is 88.7 Å². The van der Waals surface area contributed by atoms with Crippen molar-refractivity contribution in [3.8, 4) is 0 Å². The summed E-state index contributed by atoms with van der Waals surface area (Å²) in [5, 5.41) is 5.19. The van der Waals surface area contributed by atoms with Gasteiger partial charge in [-0.3, -0.25) is 4.79 Å². The molecule has 0 aliphatic heterocycles. The zero-order chi connectivity index (χ0) is 22.5. The maximum Gasteiger partial charge on any atom is 0.253 e. The number of rotatable bonds is 8. The molecule has 7 heteroatoms. The lowest BCUT2D eigenvalue weighted by molar-refractivity contribution is -0.131. The fourth-order valence-corrected chi connectivity index (χ4v) is 4.14. The lowest BCUT2D eigenvalue weighted by atomic mass is 10.1. The number of amides is 1. The monoisotopic (exact) mass is 445 g/mol. The first-order valence-corrected chi connectivity index (χ1v) is 11.9.